The molecule has 10 aromatic rings. The van der Waals surface area contributed by atoms with Crippen LogP contribution in [0.15, 0.2) is 159 Å². The minimum atomic E-state index is -0.837. The fraction of sp³-hybridized carbons (Fsp3) is 0.0769. The minimum absolute atomic E-state index is 0. The predicted molar refractivity (Wildman–Crippen MR) is 252 cm³/mol. The molecule has 10 heterocycles. The van der Waals surface area contributed by atoms with Crippen molar-refractivity contribution in [2.75, 3.05) is 33.7 Å². The van der Waals surface area contributed by atoms with Crippen molar-refractivity contribution in [3.8, 4) is 22.3 Å². The molecule has 0 unspecified atom stereocenters. The quantitative estimate of drug-likeness (QED) is 0.156. The standard InChI is InChI=1S/2C26H17N8.2Pt/c2*1-33-16-34(25-24(33)29-13-14-30-25)18-6-2-5-17(15-18)26(21-9-12-31-32-21)22-19(7-3-10-27-22)20-8-4-11-28-23(20)26;;/h2*2-14,16H,1H3;;/q2*-3;;. The van der Waals surface area contributed by atoms with Gasteiger partial charge in [0.2, 0.25) is 0 Å². The Kier molecular flexibility index (Phi) is 11.2. The SMILES string of the molecule is CN1[CH-]N(c2[c-]c(C3(c4cc[n-]n4)c4ncccc4-c4cccnc43)ccc2)c2nccnc21.CN1[CH-]N(c2[c-]c(C3(c4cc[n-]n4)c4ncccc4-c4cccnc43)ccc2)c2nccnc21.[Pt].[Pt]. The van der Waals surface area contributed by atoms with Crippen molar-refractivity contribution in [2.24, 2.45) is 0 Å². The summed E-state index contributed by atoms with van der Waals surface area (Å²) in [4.78, 5) is 45.3. The van der Waals surface area contributed by atoms with Gasteiger partial charge >= 0.3 is 0 Å². The molecule has 0 saturated heterocycles. The van der Waals surface area contributed by atoms with Crippen LogP contribution in [0, 0.1) is 25.5 Å². The van der Waals surface area contributed by atoms with E-state index in [4.69, 9.17) is 19.9 Å². The van der Waals surface area contributed by atoms with Gasteiger partial charge in [-0.15, -0.1) is 35.8 Å². The summed E-state index contributed by atoms with van der Waals surface area (Å²) in [7, 11) is 3.91. The number of aromatic nitrogens is 12. The van der Waals surface area contributed by atoms with Gasteiger partial charge in [-0.3, -0.25) is 19.9 Å². The zero-order chi connectivity index (χ0) is 45.4. The molecule has 2 aliphatic heterocycles. The summed E-state index contributed by atoms with van der Waals surface area (Å²) in [5.41, 5.74) is 11.0. The molecule has 348 valence electrons. The van der Waals surface area contributed by atoms with Gasteiger partial charge < -0.3 is 40.0 Å². The van der Waals surface area contributed by atoms with Gasteiger partial charge in [0.05, 0.1) is 33.6 Å². The fourth-order valence-corrected chi connectivity index (χ4v) is 10.1. The molecule has 14 rings (SSSR count). The Morgan fingerprint density at radius 1 is 0.414 bits per heavy atom. The maximum absolute atomic E-state index is 4.86. The second-order valence-corrected chi connectivity index (χ2v) is 16.4. The van der Waals surface area contributed by atoms with E-state index in [1.807, 2.05) is 132 Å². The molecule has 0 N–H and O–H groups in total. The largest absolute Gasteiger partial charge is 0.581 e. The van der Waals surface area contributed by atoms with Crippen LogP contribution in [0.5, 0.6) is 0 Å². The van der Waals surface area contributed by atoms with E-state index < -0.39 is 10.8 Å². The Balaban J connectivity index is 0.000000148. The second kappa shape index (κ2) is 17.6. The van der Waals surface area contributed by atoms with Crippen LogP contribution in [0.2, 0.25) is 0 Å². The first-order valence-corrected chi connectivity index (χ1v) is 21.7. The molecule has 70 heavy (non-hydrogen) atoms. The third-order valence-electron chi connectivity index (χ3n) is 12.8. The zero-order valence-corrected chi connectivity index (χ0v) is 41.5. The van der Waals surface area contributed by atoms with Crippen LogP contribution in [0.25, 0.3) is 22.3 Å². The molecule has 2 aliphatic carbocycles. The van der Waals surface area contributed by atoms with Crippen molar-refractivity contribution in [2.45, 2.75) is 10.8 Å². The molecule has 0 spiro atoms. The summed E-state index contributed by atoms with van der Waals surface area (Å²) in [5, 5.41) is 17.4. The second-order valence-electron chi connectivity index (χ2n) is 16.4. The van der Waals surface area contributed by atoms with Gasteiger partial charge in [-0.1, -0.05) is 36.4 Å². The first-order chi connectivity index (χ1) is 33.6. The first-order valence-electron chi connectivity index (χ1n) is 21.7. The number of rotatable bonds is 6. The summed E-state index contributed by atoms with van der Waals surface area (Å²) >= 11 is 0. The molecule has 0 bridgehead atoms. The van der Waals surface area contributed by atoms with Gasteiger partial charge in [-0.2, -0.15) is 60.9 Å². The van der Waals surface area contributed by atoms with E-state index in [0.29, 0.717) is 0 Å². The number of nitrogens with zero attached hydrogens (tertiary/aromatic N) is 16. The van der Waals surface area contributed by atoms with Crippen LogP contribution < -0.4 is 29.8 Å². The smallest absolute Gasteiger partial charge is 0.143 e. The van der Waals surface area contributed by atoms with Crippen molar-refractivity contribution >= 4 is 34.6 Å². The fourth-order valence-electron chi connectivity index (χ4n) is 10.1. The topological polar surface area (TPSA) is 170 Å². The molecule has 18 heteroatoms. The normalized spacial score (nSPS) is 14.8. The van der Waals surface area contributed by atoms with E-state index in [-0.39, 0.29) is 42.1 Å². The van der Waals surface area contributed by atoms with E-state index >= 15 is 0 Å². The Morgan fingerprint density at radius 2 is 0.771 bits per heavy atom. The Hall–Kier alpha value is -7.80. The van der Waals surface area contributed by atoms with Crippen molar-refractivity contribution in [3.63, 3.8) is 0 Å². The molecular formula is C52H34N16Pt2-6. The number of benzene rings is 2. The van der Waals surface area contributed by atoms with Gasteiger partial charge in [-0.05, 0) is 38.4 Å². The van der Waals surface area contributed by atoms with Crippen LogP contribution in [0.3, 0.4) is 0 Å². The number of anilines is 6. The average molecular weight is 1270 g/mol. The van der Waals surface area contributed by atoms with Crippen molar-refractivity contribution in [3.05, 3.63) is 230 Å². The van der Waals surface area contributed by atoms with E-state index in [1.54, 1.807) is 37.2 Å². The maximum atomic E-state index is 4.86. The maximum Gasteiger partial charge on any atom is 0.143 e. The molecule has 16 nitrogen and oxygen atoms in total. The van der Waals surface area contributed by atoms with Gasteiger partial charge in [0, 0.05) is 125 Å². The molecule has 0 atom stereocenters. The molecular weight excluding hydrogens is 1240 g/mol. The number of hydrogen-bond acceptors (Lipinski definition) is 14. The number of hydrogen-bond donors (Lipinski definition) is 0. The Labute approximate surface area is 430 Å². The summed E-state index contributed by atoms with van der Waals surface area (Å²) in [5.74, 6) is 3.09. The Bertz CT molecular complexity index is 3210. The van der Waals surface area contributed by atoms with Crippen molar-refractivity contribution < 1.29 is 42.1 Å². The van der Waals surface area contributed by atoms with E-state index in [2.05, 4.69) is 88.9 Å². The summed E-state index contributed by atoms with van der Waals surface area (Å²) in [6.07, 6.45) is 17.5. The van der Waals surface area contributed by atoms with Crippen LogP contribution in [0.4, 0.5) is 34.6 Å². The minimum Gasteiger partial charge on any atom is -0.581 e. The molecule has 0 radical (unpaired) electrons. The summed E-state index contributed by atoms with van der Waals surface area (Å²) < 4.78 is 0. The van der Waals surface area contributed by atoms with E-state index in [1.165, 1.54) is 0 Å². The van der Waals surface area contributed by atoms with Crippen LogP contribution in [0.1, 0.15) is 45.3 Å². The van der Waals surface area contributed by atoms with Gasteiger partial charge in [0.1, 0.15) is 23.3 Å². The molecule has 2 aromatic carbocycles. The third-order valence-corrected chi connectivity index (χ3v) is 12.8. The molecule has 0 fully saturated rings. The van der Waals surface area contributed by atoms with E-state index in [9.17, 15) is 0 Å². The first kappa shape index (κ1) is 44.7. The van der Waals surface area contributed by atoms with Crippen LogP contribution >= 0.6 is 0 Å². The van der Waals surface area contributed by atoms with Gasteiger partial charge in [-0.25, -0.2) is 19.9 Å². The van der Waals surface area contributed by atoms with Gasteiger partial charge in [0.15, 0.2) is 0 Å². The number of fused-ring (bicyclic) bond motifs is 8. The van der Waals surface area contributed by atoms with Crippen LogP contribution in [-0.4, -0.2) is 64.2 Å². The molecule has 8 aromatic heterocycles. The molecule has 0 saturated carbocycles. The van der Waals surface area contributed by atoms with Crippen molar-refractivity contribution in [1.82, 2.24) is 60.3 Å². The van der Waals surface area contributed by atoms with E-state index in [0.717, 1.165) is 102 Å². The average Bonchev–Trinajstić information content (AvgIpc) is 4.28. The van der Waals surface area contributed by atoms with Crippen LogP contribution in [-0.2, 0) is 53.0 Å². The molecule has 4 aliphatic rings. The number of pyridine rings is 4. The Morgan fingerprint density at radius 3 is 1.11 bits per heavy atom. The van der Waals surface area contributed by atoms with Gasteiger partial charge in [0.25, 0.3) is 0 Å². The predicted octanol–water partition coefficient (Wildman–Crippen LogP) is 6.97. The monoisotopic (exact) mass is 1270 g/mol. The third kappa shape index (κ3) is 6.50. The zero-order valence-electron chi connectivity index (χ0n) is 37.0. The molecule has 0 amide bonds. The summed E-state index contributed by atoms with van der Waals surface area (Å²) in [6, 6.07) is 39.5. The summed E-state index contributed by atoms with van der Waals surface area (Å²) in [6.45, 7) is 3.92. The van der Waals surface area contributed by atoms with Crippen molar-refractivity contribution in [1.29, 1.82) is 0 Å².